The Bertz CT molecular complexity index is 181. The van der Waals surface area contributed by atoms with Gasteiger partial charge in [-0.3, -0.25) is 4.99 Å². The Morgan fingerprint density at radius 1 is 1.20 bits per heavy atom. The van der Waals surface area contributed by atoms with Crippen LogP contribution in [0.3, 0.4) is 0 Å². The lowest BCUT2D eigenvalue weighted by Gasteiger charge is -2.21. The molecule has 1 aliphatic rings. The largest absolute Gasteiger partial charge is 0.370 e. The normalized spacial score (nSPS) is 17.6. The van der Waals surface area contributed by atoms with Gasteiger partial charge in [0.25, 0.3) is 0 Å². The standard InChI is InChI=1S/C11H24N4/c12-11(13)15-8-4-7-14-9-10-5-2-1-3-6-10/h10,14H,1-9H2,(H4,12,13,15). The second kappa shape index (κ2) is 7.51. The number of guanidine groups is 1. The number of nitrogens with two attached hydrogens (primary N) is 2. The fourth-order valence-corrected chi connectivity index (χ4v) is 2.11. The molecular weight excluding hydrogens is 188 g/mol. The smallest absolute Gasteiger partial charge is 0.185 e. The molecule has 0 bridgehead atoms. The number of aliphatic imine (C=N–C) groups is 1. The highest BCUT2D eigenvalue weighted by molar-refractivity contribution is 5.75. The SMILES string of the molecule is NC(N)=NCCCNCC1CCCCC1. The third-order valence-electron chi connectivity index (χ3n) is 2.96. The maximum absolute atomic E-state index is 5.23. The molecule has 0 atom stereocenters. The number of hydrogen-bond acceptors (Lipinski definition) is 2. The van der Waals surface area contributed by atoms with E-state index in [-0.39, 0.29) is 5.96 Å². The number of hydrogen-bond donors (Lipinski definition) is 3. The summed E-state index contributed by atoms with van der Waals surface area (Å²) >= 11 is 0. The molecule has 1 saturated carbocycles. The first kappa shape index (κ1) is 12.3. The van der Waals surface area contributed by atoms with Gasteiger partial charge in [0.15, 0.2) is 5.96 Å². The van der Waals surface area contributed by atoms with Crippen molar-refractivity contribution in [1.82, 2.24) is 5.32 Å². The van der Waals surface area contributed by atoms with E-state index in [0.29, 0.717) is 0 Å². The molecule has 1 fully saturated rings. The van der Waals surface area contributed by atoms with E-state index in [0.717, 1.165) is 25.4 Å². The molecule has 1 rings (SSSR count). The van der Waals surface area contributed by atoms with Crippen LogP contribution in [0.5, 0.6) is 0 Å². The zero-order valence-corrected chi connectivity index (χ0v) is 9.54. The van der Waals surface area contributed by atoms with Gasteiger partial charge in [-0.25, -0.2) is 0 Å². The van der Waals surface area contributed by atoms with Crippen molar-refractivity contribution in [3.05, 3.63) is 0 Å². The summed E-state index contributed by atoms with van der Waals surface area (Å²) in [7, 11) is 0. The zero-order valence-electron chi connectivity index (χ0n) is 9.54. The summed E-state index contributed by atoms with van der Waals surface area (Å²) in [5.74, 6) is 1.10. The van der Waals surface area contributed by atoms with Gasteiger partial charge in [-0.2, -0.15) is 0 Å². The third-order valence-corrected chi connectivity index (χ3v) is 2.96. The van der Waals surface area contributed by atoms with E-state index in [4.69, 9.17) is 11.5 Å². The maximum atomic E-state index is 5.23. The highest BCUT2D eigenvalue weighted by atomic mass is 15.0. The second-order valence-corrected chi connectivity index (χ2v) is 4.37. The summed E-state index contributed by atoms with van der Waals surface area (Å²) in [6, 6.07) is 0. The molecule has 0 unspecified atom stereocenters. The number of nitrogens with zero attached hydrogens (tertiary/aromatic N) is 1. The predicted octanol–water partition coefficient (Wildman–Crippen LogP) is 0.820. The molecule has 1 aliphatic carbocycles. The quantitative estimate of drug-likeness (QED) is 0.346. The van der Waals surface area contributed by atoms with Crippen molar-refractivity contribution < 1.29 is 0 Å². The van der Waals surface area contributed by atoms with E-state index < -0.39 is 0 Å². The van der Waals surface area contributed by atoms with Gasteiger partial charge < -0.3 is 16.8 Å². The van der Waals surface area contributed by atoms with Crippen LogP contribution in [0.15, 0.2) is 4.99 Å². The van der Waals surface area contributed by atoms with Gasteiger partial charge in [0, 0.05) is 6.54 Å². The van der Waals surface area contributed by atoms with Crippen LogP contribution in [-0.2, 0) is 0 Å². The molecule has 88 valence electrons. The molecule has 15 heavy (non-hydrogen) atoms. The van der Waals surface area contributed by atoms with Gasteiger partial charge in [0.2, 0.25) is 0 Å². The lowest BCUT2D eigenvalue weighted by atomic mass is 9.89. The van der Waals surface area contributed by atoms with Crippen LogP contribution < -0.4 is 16.8 Å². The van der Waals surface area contributed by atoms with Crippen LogP contribution in [0.4, 0.5) is 0 Å². The molecule has 5 N–H and O–H groups in total. The molecular formula is C11H24N4. The van der Waals surface area contributed by atoms with E-state index in [1.165, 1.54) is 38.6 Å². The van der Waals surface area contributed by atoms with Crippen molar-refractivity contribution in [1.29, 1.82) is 0 Å². The molecule has 0 radical (unpaired) electrons. The molecule has 0 aromatic carbocycles. The lowest BCUT2D eigenvalue weighted by Crippen LogP contribution is -2.26. The highest BCUT2D eigenvalue weighted by Gasteiger charge is 2.11. The summed E-state index contributed by atoms with van der Waals surface area (Å²) in [5, 5.41) is 3.48. The van der Waals surface area contributed by atoms with Crippen molar-refractivity contribution in [2.75, 3.05) is 19.6 Å². The van der Waals surface area contributed by atoms with Gasteiger partial charge >= 0.3 is 0 Å². The van der Waals surface area contributed by atoms with Crippen LogP contribution in [-0.4, -0.2) is 25.6 Å². The van der Waals surface area contributed by atoms with E-state index in [2.05, 4.69) is 10.3 Å². The minimum Gasteiger partial charge on any atom is -0.370 e. The summed E-state index contributed by atoms with van der Waals surface area (Å²) in [6.45, 7) is 2.93. The van der Waals surface area contributed by atoms with Crippen LogP contribution in [0.2, 0.25) is 0 Å². The molecule has 0 heterocycles. The first-order chi connectivity index (χ1) is 7.29. The molecule has 0 saturated heterocycles. The van der Waals surface area contributed by atoms with Crippen LogP contribution in [0, 0.1) is 5.92 Å². The average molecular weight is 212 g/mol. The van der Waals surface area contributed by atoms with E-state index in [9.17, 15) is 0 Å². The highest BCUT2D eigenvalue weighted by Crippen LogP contribution is 2.22. The topological polar surface area (TPSA) is 76.4 Å². The van der Waals surface area contributed by atoms with Crippen molar-refractivity contribution in [2.24, 2.45) is 22.4 Å². The Hall–Kier alpha value is -0.770. The van der Waals surface area contributed by atoms with Gasteiger partial charge in [0.1, 0.15) is 0 Å². The number of rotatable bonds is 6. The Morgan fingerprint density at radius 2 is 1.93 bits per heavy atom. The van der Waals surface area contributed by atoms with Crippen molar-refractivity contribution >= 4 is 5.96 Å². The summed E-state index contributed by atoms with van der Waals surface area (Å²) in [4.78, 5) is 3.94. The average Bonchev–Trinajstić information content (AvgIpc) is 2.24. The molecule has 0 spiro atoms. The monoisotopic (exact) mass is 212 g/mol. The lowest BCUT2D eigenvalue weighted by molar-refractivity contribution is 0.342. The van der Waals surface area contributed by atoms with Gasteiger partial charge in [0.05, 0.1) is 0 Å². The molecule has 0 amide bonds. The first-order valence-corrected chi connectivity index (χ1v) is 6.05. The molecule has 4 nitrogen and oxygen atoms in total. The predicted molar refractivity (Wildman–Crippen MR) is 64.7 cm³/mol. The molecule has 0 aromatic heterocycles. The summed E-state index contributed by atoms with van der Waals surface area (Å²) in [6.07, 6.45) is 8.09. The van der Waals surface area contributed by atoms with Crippen LogP contribution in [0.1, 0.15) is 38.5 Å². The Kier molecular flexibility index (Phi) is 6.16. The van der Waals surface area contributed by atoms with Gasteiger partial charge in [-0.1, -0.05) is 19.3 Å². The zero-order chi connectivity index (χ0) is 10.9. The fourth-order valence-electron chi connectivity index (χ4n) is 2.11. The van der Waals surface area contributed by atoms with Crippen LogP contribution in [0.25, 0.3) is 0 Å². The van der Waals surface area contributed by atoms with Crippen molar-refractivity contribution in [3.63, 3.8) is 0 Å². The molecule has 4 heteroatoms. The third kappa shape index (κ3) is 6.33. The van der Waals surface area contributed by atoms with Crippen LogP contribution >= 0.6 is 0 Å². The minimum atomic E-state index is 0.197. The van der Waals surface area contributed by atoms with Crippen molar-refractivity contribution in [2.45, 2.75) is 38.5 Å². The van der Waals surface area contributed by atoms with Gasteiger partial charge in [-0.05, 0) is 38.3 Å². The second-order valence-electron chi connectivity index (χ2n) is 4.37. The minimum absolute atomic E-state index is 0.197. The summed E-state index contributed by atoms with van der Waals surface area (Å²) < 4.78 is 0. The van der Waals surface area contributed by atoms with E-state index in [1.807, 2.05) is 0 Å². The Labute approximate surface area is 92.5 Å². The summed E-state index contributed by atoms with van der Waals surface area (Å²) in [5.41, 5.74) is 10.5. The maximum Gasteiger partial charge on any atom is 0.185 e. The Morgan fingerprint density at radius 3 is 2.60 bits per heavy atom. The molecule has 0 aromatic rings. The molecule has 0 aliphatic heterocycles. The Balaban J connectivity index is 1.90. The van der Waals surface area contributed by atoms with E-state index >= 15 is 0 Å². The van der Waals surface area contributed by atoms with Crippen molar-refractivity contribution in [3.8, 4) is 0 Å². The van der Waals surface area contributed by atoms with Gasteiger partial charge in [-0.15, -0.1) is 0 Å². The fraction of sp³-hybridized carbons (Fsp3) is 0.909. The first-order valence-electron chi connectivity index (χ1n) is 6.05. The number of nitrogens with one attached hydrogen (secondary N) is 1. The van der Waals surface area contributed by atoms with E-state index in [1.54, 1.807) is 0 Å².